The van der Waals surface area contributed by atoms with Gasteiger partial charge in [-0.25, -0.2) is 14.8 Å². The summed E-state index contributed by atoms with van der Waals surface area (Å²) >= 11 is 0. The molecule has 3 aromatic rings. The van der Waals surface area contributed by atoms with Gasteiger partial charge in [-0.3, -0.25) is 0 Å². The number of hydrogen-bond acceptors (Lipinski definition) is 5. The van der Waals surface area contributed by atoms with Gasteiger partial charge in [0.05, 0.1) is 5.69 Å². The second-order valence-electron chi connectivity index (χ2n) is 10.1. The second-order valence-corrected chi connectivity index (χ2v) is 10.1. The van der Waals surface area contributed by atoms with Crippen molar-refractivity contribution < 1.29 is 14.3 Å². The van der Waals surface area contributed by atoms with Crippen LogP contribution in [-0.2, 0) is 17.8 Å². The molecule has 182 valence electrons. The Morgan fingerprint density at radius 1 is 1.00 bits per heavy atom. The van der Waals surface area contributed by atoms with Crippen molar-refractivity contribution in [1.82, 2.24) is 9.97 Å². The van der Waals surface area contributed by atoms with E-state index in [1.54, 1.807) is 0 Å². The van der Waals surface area contributed by atoms with Crippen LogP contribution in [-0.4, -0.2) is 21.5 Å². The fourth-order valence-corrected chi connectivity index (χ4v) is 4.35. The second kappa shape index (κ2) is 10.9. The first-order chi connectivity index (χ1) is 16.8. The predicted molar refractivity (Wildman–Crippen MR) is 138 cm³/mol. The van der Waals surface area contributed by atoms with Crippen LogP contribution >= 0.6 is 0 Å². The standard InChI is InChI=1S/C30H34N2O3/c1-21-28(34-20-23-11-7-5-8-12-23)27(29(33)35-30(2,3)4)32-26(31-21)19-22-15-17-25(18-16-22)24-13-9-6-10-14-24/h5-15,25H,16-20H2,1-4H3. The summed E-state index contributed by atoms with van der Waals surface area (Å²) in [7, 11) is 0. The third kappa shape index (κ3) is 6.78. The fraction of sp³-hybridized carbons (Fsp3) is 0.367. The molecule has 0 amide bonds. The maximum atomic E-state index is 13.1. The highest BCUT2D eigenvalue weighted by Gasteiger charge is 2.26. The van der Waals surface area contributed by atoms with Crippen LogP contribution in [0, 0.1) is 6.92 Å². The van der Waals surface area contributed by atoms with Crippen LogP contribution in [0.15, 0.2) is 72.3 Å². The summed E-state index contributed by atoms with van der Waals surface area (Å²) in [4.78, 5) is 22.4. The Labute approximate surface area is 208 Å². The molecule has 5 nitrogen and oxygen atoms in total. The van der Waals surface area contributed by atoms with Gasteiger partial charge in [-0.2, -0.15) is 0 Å². The molecule has 5 heteroatoms. The summed E-state index contributed by atoms with van der Waals surface area (Å²) in [5.74, 6) is 1.07. The van der Waals surface area contributed by atoms with E-state index in [4.69, 9.17) is 14.5 Å². The maximum absolute atomic E-state index is 13.1. The Morgan fingerprint density at radius 3 is 2.31 bits per heavy atom. The molecule has 0 saturated heterocycles. The molecule has 0 bridgehead atoms. The van der Waals surface area contributed by atoms with Crippen molar-refractivity contribution in [2.45, 2.75) is 71.5 Å². The molecule has 0 saturated carbocycles. The zero-order chi connectivity index (χ0) is 24.8. The molecule has 1 aromatic heterocycles. The highest BCUT2D eigenvalue weighted by atomic mass is 16.6. The minimum absolute atomic E-state index is 0.192. The van der Waals surface area contributed by atoms with Crippen LogP contribution in [0.1, 0.15) is 79.1 Å². The number of aromatic nitrogens is 2. The van der Waals surface area contributed by atoms with Crippen molar-refractivity contribution >= 4 is 5.97 Å². The third-order valence-electron chi connectivity index (χ3n) is 6.06. The molecule has 1 heterocycles. The van der Waals surface area contributed by atoms with Gasteiger partial charge >= 0.3 is 5.97 Å². The van der Waals surface area contributed by atoms with Crippen molar-refractivity contribution in [2.24, 2.45) is 0 Å². The van der Waals surface area contributed by atoms with Crippen LogP contribution in [0.5, 0.6) is 5.75 Å². The average Bonchev–Trinajstić information content (AvgIpc) is 2.84. The molecule has 0 fully saturated rings. The highest BCUT2D eigenvalue weighted by Crippen LogP contribution is 2.33. The van der Waals surface area contributed by atoms with Crippen LogP contribution in [0.3, 0.4) is 0 Å². The van der Waals surface area contributed by atoms with Gasteiger partial charge in [-0.1, -0.05) is 72.3 Å². The lowest BCUT2D eigenvalue weighted by atomic mass is 9.84. The van der Waals surface area contributed by atoms with Crippen molar-refractivity contribution in [3.8, 4) is 5.75 Å². The Bertz CT molecular complexity index is 1180. The first-order valence-electron chi connectivity index (χ1n) is 12.3. The Kier molecular flexibility index (Phi) is 7.64. The summed E-state index contributed by atoms with van der Waals surface area (Å²) < 4.78 is 11.7. The van der Waals surface area contributed by atoms with Gasteiger partial charge in [0, 0.05) is 6.42 Å². The molecule has 1 aliphatic rings. The highest BCUT2D eigenvalue weighted by molar-refractivity contribution is 5.91. The van der Waals surface area contributed by atoms with Crippen LogP contribution < -0.4 is 4.74 Å². The molecular weight excluding hydrogens is 436 g/mol. The number of carbonyl (C=O) groups excluding carboxylic acids is 1. The lowest BCUT2D eigenvalue weighted by molar-refractivity contribution is 0.00573. The largest absolute Gasteiger partial charge is 0.484 e. The lowest BCUT2D eigenvalue weighted by Crippen LogP contribution is -2.25. The van der Waals surface area contributed by atoms with Crippen molar-refractivity contribution in [3.05, 3.63) is 101 Å². The van der Waals surface area contributed by atoms with Gasteiger partial charge in [0.25, 0.3) is 0 Å². The molecule has 1 atom stereocenters. The average molecular weight is 471 g/mol. The number of carbonyl (C=O) groups is 1. The number of rotatable bonds is 7. The predicted octanol–water partition coefficient (Wildman–Crippen LogP) is 6.76. The van der Waals surface area contributed by atoms with E-state index in [-0.39, 0.29) is 5.69 Å². The van der Waals surface area contributed by atoms with E-state index in [0.29, 0.717) is 36.2 Å². The zero-order valence-corrected chi connectivity index (χ0v) is 21.1. The molecule has 0 radical (unpaired) electrons. The van der Waals surface area contributed by atoms with Gasteiger partial charge < -0.3 is 9.47 Å². The molecule has 0 N–H and O–H groups in total. The van der Waals surface area contributed by atoms with Crippen molar-refractivity contribution in [2.75, 3.05) is 0 Å². The number of hydrogen-bond donors (Lipinski definition) is 0. The first kappa shape index (κ1) is 24.6. The minimum Gasteiger partial charge on any atom is -0.484 e. The molecule has 2 aromatic carbocycles. The van der Waals surface area contributed by atoms with E-state index in [1.807, 2.05) is 58.0 Å². The monoisotopic (exact) mass is 470 g/mol. The summed E-state index contributed by atoms with van der Waals surface area (Å²) in [5, 5.41) is 0. The fourth-order valence-electron chi connectivity index (χ4n) is 4.35. The summed E-state index contributed by atoms with van der Waals surface area (Å²) in [6.45, 7) is 7.73. The zero-order valence-electron chi connectivity index (χ0n) is 21.1. The molecule has 1 unspecified atom stereocenters. The summed E-state index contributed by atoms with van der Waals surface area (Å²) in [6, 6.07) is 20.5. The Balaban J connectivity index is 1.55. The van der Waals surface area contributed by atoms with Crippen molar-refractivity contribution in [3.63, 3.8) is 0 Å². The molecule has 0 aliphatic heterocycles. The quantitative estimate of drug-likeness (QED) is 0.282. The number of esters is 1. The SMILES string of the molecule is Cc1nc(CC2=CCC(c3ccccc3)CC2)nc(C(=O)OC(C)(C)C)c1OCc1ccccc1. The molecule has 4 rings (SSSR count). The van der Waals surface area contributed by atoms with Crippen LogP contribution in [0.4, 0.5) is 0 Å². The number of nitrogens with zero attached hydrogens (tertiary/aromatic N) is 2. The third-order valence-corrected chi connectivity index (χ3v) is 6.06. The van der Waals surface area contributed by atoms with E-state index in [0.717, 1.165) is 24.8 Å². The normalized spacial score (nSPS) is 15.9. The number of allylic oxidation sites excluding steroid dienone is 2. The van der Waals surface area contributed by atoms with E-state index in [2.05, 4.69) is 41.4 Å². The molecule has 35 heavy (non-hydrogen) atoms. The van der Waals surface area contributed by atoms with Gasteiger partial charge in [-0.15, -0.1) is 0 Å². The molecular formula is C30H34N2O3. The van der Waals surface area contributed by atoms with E-state index >= 15 is 0 Å². The van der Waals surface area contributed by atoms with Gasteiger partial charge in [-0.05, 0) is 64.0 Å². The molecule has 1 aliphatic carbocycles. The summed E-state index contributed by atoms with van der Waals surface area (Å²) in [6.07, 6.45) is 6.04. The van der Waals surface area contributed by atoms with E-state index < -0.39 is 11.6 Å². The van der Waals surface area contributed by atoms with Crippen LogP contribution in [0.2, 0.25) is 0 Å². The first-order valence-corrected chi connectivity index (χ1v) is 12.3. The van der Waals surface area contributed by atoms with Gasteiger partial charge in [0.1, 0.15) is 18.0 Å². The summed E-state index contributed by atoms with van der Waals surface area (Å²) in [5.41, 5.74) is 3.91. The molecule has 0 spiro atoms. The van der Waals surface area contributed by atoms with Crippen LogP contribution in [0.25, 0.3) is 0 Å². The topological polar surface area (TPSA) is 61.3 Å². The van der Waals surface area contributed by atoms with E-state index in [9.17, 15) is 4.79 Å². The number of aryl methyl sites for hydroxylation is 1. The maximum Gasteiger partial charge on any atom is 0.361 e. The Hall–Kier alpha value is -3.47. The lowest BCUT2D eigenvalue weighted by Gasteiger charge is -2.23. The smallest absolute Gasteiger partial charge is 0.361 e. The number of ether oxygens (including phenoxy) is 2. The minimum atomic E-state index is -0.634. The van der Waals surface area contributed by atoms with Crippen molar-refractivity contribution in [1.29, 1.82) is 0 Å². The van der Waals surface area contributed by atoms with E-state index in [1.165, 1.54) is 11.1 Å². The van der Waals surface area contributed by atoms with Gasteiger partial charge in [0.2, 0.25) is 0 Å². The number of benzene rings is 2. The van der Waals surface area contributed by atoms with Gasteiger partial charge in [0.15, 0.2) is 11.4 Å². The Morgan fingerprint density at radius 2 is 1.69 bits per heavy atom.